The molecule has 1 rings (SSSR count). The summed E-state index contributed by atoms with van der Waals surface area (Å²) in [5.41, 5.74) is 0. The van der Waals surface area contributed by atoms with Crippen LogP contribution in [0.15, 0.2) is 0 Å². The highest BCUT2D eigenvalue weighted by Gasteiger charge is 2.13. The Bertz CT molecular complexity index is 158. The summed E-state index contributed by atoms with van der Waals surface area (Å²) in [5.74, 6) is 0. The number of nitrogens with one attached hydrogen (secondary N) is 1. The summed E-state index contributed by atoms with van der Waals surface area (Å²) in [6, 6.07) is 0.611. The van der Waals surface area contributed by atoms with Crippen molar-refractivity contribution in [1.82, 2.24) is 5.32 Å². The van der Waals surface area contributed by atoms with Crippen molar-refractivity contribution in [2.75, 3.05) is 26.4 Å². The van der Waals surface area contributed by atoms with Crippen LogP contribution in [0.1, 0.15) is 46.0 Å². The molecule has 1 saturated heterocycles. The van der Waals surface area contributed by atoms with Gasteiger partial charge in [0.15, 0.2) is 0 Å². The number of hydrogen-bond acceptors (Lipinski definition) is 3. The minimum atomic E-state index is 0.361. The fourth-order valence-corrected chi connectivity index (χ4v) is 2.10. The van der Waals surface area contributed by atoms with E-state index in [0.717, 1.165) is 32.8 Å². The molecular weight excluding hydrogens is 202 g/mol. The third kappa shape index (κ3) is 6.46. The first kappa shape index (κ1) is 13.9. The normalized spacial score (nSPS) is 23.2. The van der Waals surface area contributed by atoms with Crippen LogP contribution in [0.5, 0.6) is 0 Å². The zero-order valence-corrected chi connectivity index (χ0v) is 10.8. The molecule has 0 radical (unpaired) electrons. The van der Waals surface area contributed by atoms with Gasteiger partial charge in [0.25, 0.3) is 0 Å². The minimum absolute atomic E-state index is 0.361. The molecule has 96 valence electrons. The maximum absolute atomic E-state index is 5.65. The first-order valence-corrected chi connectivity index (χ1v) is 6.75. The molecule has 3 nitrogen and oxygen atoms in total. The van der Waals surface area contributed by atoms with E-state index in [1.54, 1.807) is 0 Å². The Morgan fingerprint density at radius 3 is 3.00 bits per heavy atom. The van der Waals surface area contributed by atoms with Crippen LogP contribution >= 0.6 is 0 Å². The molecule has 0 aromatic rings. The van der Waals surface area contributed by atoms with Crippen molar-refractivity contribution >= 4 is 0 Å². The average molecular weight is 229 g/mol. The van der Waals surface area contributed by atoms with Crippen molar-refractivity contribution in [1.29, 1.82) is 0 Å². The Labute approximate surface area is 99.9 Å². The van der Waals surface area contributed by atoms with Crippen molar-refractivity contribution in [3.63, 3.8) is 0 Å². The first-order chi connectivity index (χ1) is 7.83. The molecule has 2 atom stereocenters. The molecular formula is C13H27NO2. The lowest BCUT2D eigenvalue weighted by Crippen LogP contribution is -2.26. The SMILES string of the molecule is CCNC(C)CCCOCC1CCCCO1. The molecule has 1 aliphatic rings. The Hall–Kier alpha value is -0.120. The van der Waals surface area contributed by atoms with Gasteiger partial charge in [-0.15, -0.1) is 0 Å². The Morgan fingerprint density at radius 1 is 1.44 bits per heavy atom. The van der Waals surface area contributed by atoms with Gasteiger partial charge in [-0.3, -0.25) is 0 Å². The van der Waals surface area contributed by atoms with Gasteiger partial charge in [-0.2, -0.15) is 0 Å². The Balaban J connectivity index is 1.87. The maximum Gasteiger partial charge on any atom is 0.0808 e. The van der Waals surface area contributed by atoms with Gasteiger partial charge < -0.3 is 14.8 Å². The van der Waals surface area contributed by atoms with E-state index in [4.69, 9.17) is 9.47 Å². The minimum Gasteiger partial charge on any atom is -0.379 e. The molecule has 0 aromatic carbocycles. The molecule has 3 heteroatoms. The lowest BCUT2D eigenvalue weighted by molar-refractivity contribution is -0.0412. The summed E-state index contributed by atoms with van der Waals surface area (Å²) in [6.45, 7) is 8.01. The monoisotopic (exact) mass is 229 g/mol. The van der Waals surface area contributed by atoms with Crippen molar-refractivity contribution in [2.45, 2.75) is 58.1 Å². The van der Waals surface area contributed by atoms with E-state index in [0.29, 0.717) is 12.1 Å². The van der Waals surface area contributed by atoms with Crippen LogP contribution in [0.2, 0.25) is 0 Å². The number of rotatable bonds is 8. The van der Waals surface area contributed by atoms with Gasteiger partial charge in [0, 0.05) is 19.3 Å². The van der Waals surface area contributed by atoms with Crippen molar-refractivity contribution < 1.29 is 9.47 Å². The summed E-state index contributed by atoms with van der Waals surface area (Å²) >= 11 is 0. The van der Waals surface area contributed by atoms with E-state index in [1.807, 2.05) is 0 Å². The van der Waals surface area contributed by atoms with E-state index in [-0.39, 0.29) is 0 Å². The lowest BCUT2D eigenvalue weighted by atomic mass is 10.1. The second kappa shape index (κ2) is 8.97. The van der Waals surface area contributed by atoms with E-state index in [2.05, 4.69) is 19.2 Å². The van der Waals surface area contributed by atoms with Gasteiger partial charge in [-0.25, -0.2) is 0 Å². The largest absolute Gasteiger partial charge is 0.379 e. The van der Waals surface area contributed by atoms with Crippen LogP contribution in [-0.2, 0) is 9.47 Å². The second-order valence-corrected chi connectivity index (χ2v) is 4.66. The Morgan fingerprint density at radius 2 is 2.31 bits per heavy atom. The number of hydrogen-bond donors (Lipinski definition) is 1. The molecule has 0 aliphatic carbocycles. The highest BCUT2D eigenvalue weighted by Crippen LogP contribution is 2.12. The van der Waals surface area contributed by atoms with Crippen LogP contribution in [0.3, 0.4) is 0 Å². The fraction of sp³-hybridized carbons (Fsp3) is 1.00. The third-order valence-electron chi connectivity index (χ3n) is 3.06. The zero-order valence-electron chi connectivity index (χ0n) is 10.8. The van der Waals surface area contributed by atoms with E-state index < -0.39 is 0 Å². The summed E-state index contributed by atoms with van der Waals surface area (Å²) in [4.78, 5) is 0. The average Bonchev–Trinajstić information content (AvgIpc) is 2.30. The molecule has 1 heterocycles. The standard InChI is InChI=1S/C13H27NO2/c1-3-14-12(2)7-6-9-15-11-13-8-4-5-10-16-13/h12-14H,3-11H2,1-2H3. The van der Waals surface area contributed by atoms with E-state index in [1.165, 1.54) is 25.7 Å². The van der Waals surface area contributed by atoms with Crippen molar-refractivity contribution in [3.05, 3.63) is 0 Å². The molecule has 1 aliphatic heterocycles. The second-order valence-electron chi connectivity index (χ2n) is 4.66. The van der Waals surface area contributed by atoms with Crippen LogP contribution in [0.4, 0.5) is 0 Å². The van der Waals surface area contributed by atoms with Gasteiger partial charge in [-0.05, 0) is 45.6 Å². The molecule has 0 amide bonds. The van der Waals surface area contributed by atoms with Gasteiger partial charge in [0.1, 0.15) is 0 Å². The molecule has 2 unspecified atom stereocenters. The molecule has 0 bridgehead atoms. The summed E-state index contributed by atoms with van der Waals surface area (Å²) in [6.07, 6.45) is 6.39. The van der Waals surface area contributed by atoms with Gasteiger partial charge in [-0.1, -0.05) is 6.92 Å². The fourth-order valence-electron chi connectivity index (χ4n) is 2.10. The van der Waals surface area contributed by atoms with Gasteiger partial charge in [0.05, 0.1) is 12.7 Å². The smallest absolute Gasteiger partial charge is 0.0808 e. The van der Waals surface area contributed by atoms with Crippen LogP contribution in [-0.4, -0.2) is 38.5 Å². The van der Waals surface area contributed by atoms with Crippen molar-refractivity contribution in [3.8, 4) is 0 Å². The molecule has 1 fully saturated rings. The molecule has 0 spiro atoms. The maximum atomic E-state index is 5.65. The molecule has 0 aromatic heterocycles. The highest BCUT2D eigenvalue weighted by molar-refractivity contribution is 4.63. The quantitative estimate of drug-likeness (QED) is 0.648. The zero-order chi connectivity index (χ0) is 11.6. The molecule has 16 heavy (non-hydrogen) atoms. The van der Waals surface area contributed by atoms with Crippen LogP contribution < -0.4 is 5.32 Å². The van der Waals surface area contributed by atoms with E-state index >= 15 is 0 Å². The summed E-state index contributed by atoms with van der Waals surface area (Å²) < 4.78 is 11.3. The lowest BCUT2D eigenvalue weighted by Gasteiger charge is -2.22. The topological polar surface area (TPSA) is 30.5 Å². The summed E-state index contributed by atoms with van der Waals surface area (Å²) in [5, 5.41) is 3.41. The predicted molar refractivity (Wildman–Crippen MR) is 66.8 cm³/mol. The first-order valence-electron chi connectivity index (χ1n) is 6.75. The van der Waals surface area contributed by atoms with Gasteiger partial charge >= 0.3 is 0 Å². The Kier molecular flexibility index (Phi) is 7.81. The predicted octanol–water partition coefficient (Wildman–Crippen LogP) is 2.35. The molecule has 0 saturated carbocycles. The van der Waals surface area contributed by atoms with Crippen LogP contribution in [0, 0.1) is 0 Å². The van der Waals surface area contributed by atoms with Crippen molar-refractivity contribution in [2.24, 2.45) is 0 Å². The summed E-state index contributed by atoms with van der Waals surface area (Å²) in [7, 11) is 0. The van der Waals surface area contributed by atoms with Crippen LogP contribution in [0.25, 0.3) is 0 Å². The number of ether oxygens (including phenoxy) is 2. The molecule has 1 N–H and O–H groups in total. The highest BCUT2D eigenvalue weighted by atomic mass is 16.5. The van der Waals surface area contributed by atoms with Gasteiger partial charge in [0.2, 0.25) is 0 Å². The third-order valence-corrected chi connectivity index (χ3v) is 3.06. The van der Waals surface area contributed by atoms with E-state index in [9.17, 15) is 0 Å².